The van der Waals surface area contributed by atoms with Gasteiger partial charge in [-0.3, -0.25) is 14.6 Å². The molecule has 1 amide bonds. The van der Waals surface area contributed by atoms with Crippen molar-refractivity contribution in [2.45, 2.75) is 30.8 Å². The average Bonchev–Trinajstić information content (AvgIpc) is 2.78. The van der Waals surface area contributed by atoms with Crippen LogP contribution in [0.3, 0.4) is 0 Å². The number of pyridine rings is 1. The maximum absolute atomic E-state index is 13.6. The van der Waals surface area contributed by atoms with Crippen LogP contribution in [0.2, 0.25) is 0 Å². The molecule has 2 heterocycles. The van der Waals surface area contributed by atoms with E-state index in [0.717, 1.165) is 34.6 Å². The van der Waals surface area contributed by atoms with Crippen LogP contribution in [-0.4, -0.2) is 64.8 Å². The molecule has 2 aromatic rings. The van der Waals surface area contributed by atoms with Gasteiger partial charge in [0.2, 0.25) is 10.0 Å². The first-order valence-corrected chi connectivity index (χ1v) is 12.0. The van der Waals surface area contributed by atoms with Crippen LogP contribution in [0, 0.1) is 6.92 Å². The molecule has 8 nitrogen and oxygen atoms in total. The van der Waals surface area contributed by atoms with Gasteiger partial charge in [0.15, 0.2) is 0 Å². The van der Waals surface area contributed by atoms with Crippen molar-refractivity contribution >= 4 is 21.9 Å². The lowest BCUT2D eigenvalue weighted by molar-refractivity contribution is -0.149. The van der Waals surface area contributed by atoms with Crippen LogP contribution in [0.5, 0.6) is 0 Å². The van der Waals surface area contributed by atoms with Gasteiger partial charge in [0.05, 0.1) is 17.7 Å². The number of sulfonamides is 1. The quantitative estimate of drug-likeness (QED) is 0.597. The smallest absolute Gasteiger partial charge is 0.416 e. The van der Waals surface area contributed by atoms with Gasteiger partial charge in [-0.05, 0) is 43.7 Å². The predicted octanol–water partition coefficient (Wildman–Crippen LogP) is 3.27. The fourth-order valence-electron chi connectivity index (χ4n) is 4.05. The Balaban J connectivity index is 1.95. The Kier molecular flexibility index (Phi) is 7.09. The molecular formula is C23H24F3N3O5S. The summed E-state index contributed by atoms with van der Waals surface area (Å²) in [5, 5.41) is 8.51. The maximum Gasteiger partial charge on any atom is 0.416 e. The van der Waals surface area contributed by atoms with Crippen LogP contribution in [0.1, 0.15) is 39.4 Å². The Hall–Kier alpha value is -3.25. The highest BCUT2D eigenvalue weighted by atomic mass is 32.2. The molecule has 1 N–H and O–H groups in total. The van der Waals surface area contributed by atoms with Gasteiger partial charge >= 0.3 is 12.1 Å². The van der Waals surface area contributed by atoms with Crippen LogP contribution in [0.4, 0.5) is 13.2 Å². The van der Waals surface area contributed by atoms with Gasteiger partial charge in [-0.15, -0.1) is 6.58 Å². The molecule has 1 aromatic heterocycles. The molecule has 0 radical (unpaired) electrons. The highest BCUT2D eigenvalue weighted by Crippen LogP contribution is 2.36. The van der Waals surface area contributed by atoms with E-state index in [4.69, 9.17) is 0 Å². The van der Waals surface area contributed by atoms with E-state index in [1.54, 1.807) is 19.1 Å². The molecule has 1 saturated heterocycles. The number of hydrogen-bond donors (Lipinski definition) is 1. The second-order valence-electron chi connectivity index (χ2n) is 8.34. The van der Waals surface area contributed by atoms with Crippen molar-refractivity contribution in [3.63, 3.8) is 0 Å². The van der Waals surface area contributed by atoms with Crippen molar-refractivity contribution in [3.05, 3.63) is 77.6 Å². The van der Waals surface area contributed by atoms with E-state index >= 15 is 0 Å². The molecule has 3 rings (SSSR count). The molecule has 2 unspecified atom stereocenters. The van der Waals surface area contributed by atoms with Gasteiger partial charge in [0, 0.05) is 25.0 Å². The molecule has 2 atom stereocenters. The first-order valence-electron chi connectivity index (χ1n) is 10.5. The number of carboxylic acid groups (broad SMARTS) is 1. The summed E-state index contributed by atoms with van der Waals surface area (Å²) in [7, 11) is -4.45. The number of carboxylic acids is 1. The largest absolute Gasteiger partial charge is 0.480 e. The zero-order chi connectivity index (χ0) is 26.2. The van der Waals surface area contributed by atoms with E-state index in [9.17, 15) is 36.3 Å². The van der Waals surface area contributed by atoms with Crippen LogP contribution in [-0.2, 0) is 21.0 Å². The predicted molar refractivity (Wildman–Crippen MR) is 121 cm³/mol. The minimum atomic E-state index is -4.60. The third-order valence-corrected chi connectivity index (χ3v) is 8.32. The summed E-state index contributed by atoms with van der Waals surface area (Å²) in [5.74, 6) is -1.96. The molecular weight excluding hydrogens is 487 g/mol. The Morgan fingerprint density at radius 1 is 1.20 bits per heavy atom. The number of rotatable bonds is 6. The summed E-state index contributed by atoms with van der Waals surface area (Å²) < 4.78 is 66.7. The summed E-state index contributed by atoms with van der Waals surface area (Å²) >= 11 is 0. The molecule has 0 saturated carbocycles. The number of halogens is 3. The second kappa shape index (κ2) is 9.42. The van der Waals surface area contributed by atoms with Crippen molar-refractivity contribution < 1.29 is 36.3 Å². The highest BCUT2D eigenvalue weighted by Gasteiger charge is 2.52. The summed E-state index contributed by atoms with van der Waals surface area (Å²) in [6, 6.07) is 6.67. The van der Waals surface area contributed by atoms with Gasteiger partial charge in [-0.25, -0.2) is 8.42 Å². The minimum absolute atomic E-state index is 0.00484. The number of aromatic nitrogens is 1. The lowest BCUT2D eigenvalue weighted by atomic mass is 9.98. The van der Waals surface area contributed by atoms with E-state index in [1.165, 1.54) is 18.0 Å². The number of hydrogen-bond acceptors (Lipinski definition) is 5. The van der Waals surface area contributed by atoms with Crippen LogP contribution in [0.15, 0.2) is 55.3 Å². The number of amides is 1. The van der Waals surface area contributed by atoms with Gasteiger partial charge in [0.25, 0.3) is 5.91 Å². The molecule has 188 valence electrons. The number of alkyl halides is 3. The number of aryl methyl sites for hydroxylation is 1. The fraction of sp³-hybridized carbons (Fsp3) is 0.348. The maximum atomic E-state index is 13.6. The van der Waals surface area contributed by atoms with Crippen molar-refractivity contribution in [1.29, 1.82) is 0 Å². The third-order valence-electron chi connectivity index (χ3n) is 6.02. The number of benzene rings is 1. The lowest BCUT2D eigenvalue weighted by Crippen LogP contribution is -2.67. The number of piperazine rings is 1. The zero-order valence-corrected chi connectivity index (χ0v) is 19.8. The zero-order valence-electron chi connectivity index (χ0n) is 19.0. The van der Waals surface area contributed by atoms with Gasteiger partial charge in [-0.2, -0.15) is 17.5 Å². The Labute approximate surface area is 200 Å². The fourth-order valence-corrected chi connectivity index (χ4v) is 6.10. The van der Waals surface area contributed by atoms with Crippen LogP contribution < -0.4 is 0 Å². The van der Waals surface area contributed by atoms with Crippen molar-refractivity contribution in [3.8, 4) is 0 Å². The number of carbonyl (C=O) groups excluding carboxylic acids is 1. The summed E-state index contributed by atoms with van der Waals surface area (Å²) in [4.78, 5) is 30.6. The Morgan fingerprint density at radius 3 is 2.34 bits per heavy atom. The average molecular weight is 512 g/mol. The molecule has 0 spiro atoms. The van der Waals surface area contributed by atoms with Crippen LogP contribution in [0.25, 0.3) is 0 Å². The van der Waals surface area contributed by atoms with Gasteiger partial charge < -0.3 is 10.0 Å². The number of aliphatic carboxylic acids is 1. The molecule has 1 aliphatic heterocycles. The normalized spacial score (nSPS) is 20.3. The van der Waals surface area contributed by atoms with E-state index in [1.807, 2.05) is 0 Å². The SMILES string of the molecule is C=CC(c1ccc(C(F)(F)F)cc1)S(=O)(=O)N1CCN(C(=O)c2cccnc2C)CC1(C)C(=O)O. The van der Waals surface area contributed by atoms with Crippen molar-refractivity contribution in [1.82, 2.24) is 14.2 Å². The van der Waals surface area contributed by atoms with E-state index in [2.05, 4.69) is 11.6 Å². The summed E-state index contributed by atoms with van der Waals surface area (Å²) in [5.41, 5.74) is -2.26. The van der Waals surface area contributed by atoms with E-state index < -0.39 is 51.0 Å². The van der Waals surface area contributed by atoms with Crippen molar-refractivity contribution in [2.24, 2.45) is 0 Å². The van der Waals surface area contributed by atoms with Crippen molar-refractivity contribution in [2.75, 3.05) is 19.6 Å². The lowest BCUT2D eigenvalue weighted by Gasteiger charge is -2.46. The second-order valence-corrected chi connectivity index (χ2v) is 10.3. The molecule has 1 fully saturated rings. The molecule has 0 bridgehead atoms. The summed E-state index contributed by atoms with van der Waals surface area (Å²) in [6.07, 6.45) is -2.05. The Bertz CT molecular complexity index is 1250. The summed E-state index contributed by atoms with van der Waals surface area (Å²) in [6.45, 7) is 5.46. The Morgan fingerprint density at radius 2 is 1.83 bits per heavy atom. The number of carbonyl (C=O) groups is 2. The van der Waals surface area contributed by atoms with Gasteiger partial charge in [-0.1, -0.05) is 18.2 Å². The molecule has 0 aliphatic carbocycles. The topological polar surface area (TPSA) is 108 Å². The number of nitrogens with zero attached hydrogens (tertiary/aromatic N) is 3. The molecule has 1 aliphatic rings. The first kappa shape index (κ1) is 26.4. The van der Waals surface area contributed by atoms with E-state index in [-0.39, 0.29) is 24.2 Å². The third kappa shape index (κ3) is 4.94. The molecule has 35 heavy (non-hydrogen) atoms. The van der Waals surface area contributed by atoms with E-state index in [0.29, 0.717) is 5.69 Å². The monoisotopic (exact) mass is 511 g/mol. The molecule has 12 heteroatoms. The highest BCUT2D eigenvalue weighted by molar-refractivity contribution is 7.89. The molecule has 1 aromatic carbocycles. The first-order chi connectivity index (χ1) is 16.2. The van der Waals surface area contributed by atoms with Crippen LogP contribution >= 0.6 is 0 Å². The van der Waals surface area contributed by atoms with Gasteiger partial charge in [0.1, 0.15) is 10.8 Å². The minimum Gasteiger partial charge on any atom is -0.480 e. The standard InChI is InChI=1S/C23H24F3N3O5S/c1-4-19(16-7-9-17(10-8-16)23(24,25)26)35(33,34)29-13-12-28(14-22(29,3)21(31)32)20(30)18-6-5-11-27-15(18)2/h4-11,19H,1,12-14H2,2-3H3,(H,31,32).